The molecule has 0 saturated carbocycles. The quantitative estimate of drug-likeness (QED) is 0.796. The van der Waals surface area contributed by atoms with Crippen LogP contribution in [-0.2, 0) is 4.74 Å². The van der Waals surface area contributed by atoms with E-state index in [2.05, 4.69) is 79.4 Å². The van der Waals surface area contributed by atoms with Crippen LogP contribution < -0.4 is 0 Å². The summed E-state index contributed by atoms with van der Waals surface area (Å²) in [6.45, 7) is 6.83. The molecule has 2 aromatic carbocycles. The molecule has 0 unspecified atom stereocenters. The van der Waals surface area contributed by atoms with Crippen molar-refractivity contribution in [1.82, 2.24) is 4.90 Å². The van der Waals surface area contributed by atoms with E-state index in [9.17, 15) is 0 Å². The molecule has 0 aliphatic carbocycles. The fourth-order valence-electron chi connectivity index (χ4n) is 3.33. The molecule has 1 aliphatic rings. The summed E-state index contributed by atoms with van der Waals surface area (Å²) in [6.07, 6.45) is 2.62. The normalized spacial score (nSPS) is 17.0. The third kappa shape index (κ3) is 4.21. The van der Waals surface area contributed by atoms with Crippen LogP contribution >= 0.6 is 0 Å². The first-order valence-corrected chi connectivity index (χ1v) is 8.73. The predicted molar refractivity (Wildman–Crippen MR) is 95.5 cm³/mol. The topological polar surface area (TPSA) is 12.5 Å². The highest BCUT2D eigenvalue weighted by molar-refractivity contribution is 5.30. The summed E-state index contributed by atoms with van der Waals surface area (Å²) in [5, 5.41) is 0. The molecule has 0 bridgehead atoms. The zero-order valence-electron chi connectivity index (χ0n) is 14.2. The predicted octanol–water partition coefficient (Wildman–Crippen LogP) is 4.67. The lowest BCUT2D eigenvalue weighted by Gasteiger charge is -2.36. The molecule has 2 heteroatoms. The van der Waals surface area contributed by atoms with Gasteiger partial charge >= 0.3 is 0 Å². The van der Waals surface area contributed by atoms with Crippen LogP contribution in [0.5, 0.6) is 0 Å². The smallest absolute Gasteiger partial charge is 0.108 e. The van der Waals surface area contributed by atoms with Gasteiger partial charge in [0.1, 0.15) is 6.10 Å². The van der Waals surface area contributed by atoms with Gasteiger partial charge in [0.15, 0.2) is 0 Å². The van der Waals surface area contributed by atoms with E-state index in [1.165, 1.54) is 11.1 Å². The summed E-state index contributed by atoms with van der Waals surface area (Å²) >= 11 is 0. The van der Waals surface area contributed by atoms with Gasteiger partial charge in [0.25, 0.3) is 0 Å². The minimum Gasteiger partial charge on any atom is -0.365 e. The van der Waals surface area contributed by atoms with E-state index in [4.69, 9.17) is 4.74 Å². The van der Waals surface area contributed by atoms with Crippen LogP contribution in [0.3, 0.4) is 0 Å². The number of hydrogen-bond acceptors (Lipinski definition) is 2. The number of piperidine rings is 1. The van der Waals surface area contributed by atoms with E-state index in [-0.39, 0.29) is 6.10 Å². The van der Waals surface area contributed by atoms with Crippen molar-refractivity contribution in [3.8, 4) is 0 Å². The highest BCUT2D eigenvalue weighted by atomic mass is 16.5. The molecule has 0 spiro atoms. The van der Waals surface area contributed by atoms with Crippen LogP contribution in [0.2, 0.25) is 0 Å². The monoisotopic (exact) mass is 309 g/mol. The van der Waals surface area contributed by atoms with E-state index in [1.54, 1.807) is 0 Å². The Bertz CT molecular complexity index is 534. The van der Waals surface area contributed by atoms with Crippen molar-refractivity contribution < 1.29 is 4.74 Å². The summed E-state index contributed by atoms with van der Waals surface area (Å²) < 4.78 is 6.56. The van der Waals surface area contributed by atoms with E-state index in [0.29, 0.717) is 12.1 Å². The second-order valence-corrected chi connectivity index (χ2v) is 6.67. The molecule has 0 aromatic heterocycles. The second-order valence-electron chi connectivity index (χ2n) is 6.67. The van der Waals surface area contributed by atoms with Crippen LogP contribution in [0.4, 0.5) is 0 Å². The van der Waals surface area contributed by atoms with Crippen molar-refractivity contribution in [3.05, 3.63) is 71.8 Å². The molecule has 2 aromatic rings. The van der Waals surface area contributed by atoms with Gasteiger partial charge in [0.05, 0.1) is 6.10 Å². The Labute approximate surface area is 140 Å². The molecule has 2 nitrogen and oxygen atoms in total. The number of hydrogen-bond donors (Lipinski definition) is 0. The average Bonchev–Trinajstić information content (AvgIpc) is 2.61. The van der Waals surface area contributed by atoms with Gasteiger partial charge in [0, 0.05) is 19.1 Å². The summed E-state index contributed by atoms with van der Waals surface area (Å²) in [4.78, 5) is 2.54. The van der Waals surface area contributed by atoms with E-state index in [1.807, 2.05) is 0 Å². The largest absolute Gasteiger partial charge is 0.365 e. The summed E-state index contributed by atoms with van der Waals surface area (Å²) in [5.74, 6) is 0. The van der Waals surface area contributed by atoms with E-state index < -0.39 is 0 Å². The van der Waals surface area contributed by atoms with Gasteiger partial charge in [-0.05, 0) is 37.8 Å². The molecule has 3 rings (SSSR count). The number of rotatable bonds is 5. The minimum absolute atomic E-state index is 0.0352. The lowest BCUT2D eigenvalue weighted by Crippen LogP contribution is -2.41. The molecule has 0 amide bonds. The van der Waals surface area contributed by atoms with Gasteiger partial charge < -0.3 is 9.64 Å². The second kappa shape index (κ2) is 7.76. The Kier molecular flexibility index (Phi) is 5.47. The number of ether oxygens (including phenoxy) is 1. The minimum atomic E-state index is 0.0352. The fourth-order valence-corrected chi connectivity index (χ4v) is 3.33. The van der Waals surface area contributed by atoms with Crippen molar-refractivity contribution in [2.75, 3.05) is 13.1 Å². The van der Waals surface area contributed by atoms with Crippen LogP contribution in [0.1, 0.15) is 43.9 Å². The van der Waals surface area contributed by atoms with Gasteiger partial charge in [-0.2, -0.15) is 0 Å². The Morgan fingerprint density at radius 3 is 1.74 bits per heavy atom. The zero-order chi connectivity index (χ0) is 16.1. The Morgan fingerprint density at radius 1 is 0.826 bits per heavy atom. The third-order valence-electron chi connectivity index (χ3n) is 4.74. The highest BCUT2D eigenvalue weighted by Crippen LogP contribution is 2.30. The lowest BCUT2D eigenvalue weighted by atomic mass is 10.00. The average molecular weight is 309 g/mol. The fraction of sp³-hybridized carbons (Fsp3) is 0.429. The van der Waals surface area contributed by atoms with E-state index >= 15 is 0 Å². The maximum atomic E-state index is 6.56. The van der Waals surface area contributed by atoms with Crippen LogP contribution in [0, 0.1) is 0 Å². The first-order chi connectivity index (χ1) is 11.2. The maximum Gasteiger partial charge on any atom is 0.108 e. The molecule has 0 N–H and O–H groups in total. The Morgan fingerprint density at radius 2 is 1.30 bits per heavy atom. The molecular formula is C21H27NO. The molecule has 122 valence electrons. The third-order valence-corrected chi connectivity index (χ3v) is 4.74. The SMILES string of the molecule is CC(C)N1CCC(OC(c2ccccc2)c2ccccc2)CC1. The van der Waals surface area contributed by atoms with Crippen LogP contribution in [-0.4, -0.2) is 30.1 Å². The molecule has 1 aliphatic heterocycles. The van der Waals surface area contributed by atoms with Gasteiger partial charge in [-0.25, -0.2) is 0 Å². The number of nitrogens with zero attached hydrogens (tertiary/aromatic N) is 1. The Hall–Kier alpha value is -1.64. The molecule has 1 fully saturated rings. The summed E-state index contributed by atoms with van der Waals surface area (Å²) in [5.41, 5.74) is 2.48. The van der Waals surface area contributed by atoms with Crippen molar-refractivity contribution in [1.29, 1.82) is 0 Å². The maximum absolute atomic E-state index is 6.56. The number of benzene rings is 2. The highest BCUT2D eigenvalue weighted by Gasteiger charge is 2.25. The molecule has 23 heavy (non-hydrogen) atoms. The summed E-state index contributed by atoms with van der Waals surface area (Å²) in [6, 6.07) is 21.8. The number of likely N-dealkylation sites (tertiary alicyclic amines) is 1. The molecule has 1 saturated heterocycles. The molecule has 1 heterocycles. The van der Waals surface area contributed by atoms with Crippen molar-refractivity contribution >= 4 is 0 Å². The van der Waals surface area contributed by atoms with E-state index in [0.717, 1.165) is 25.9 Å². The van der Waals surface area contributed by atoms with Crippen LogP contribution in [0.25, 0.3) is 0 Å². The van der Waals surface area contributed by atoms with Gasteiger partial charge in [0.2, 0.25) is 0 Å². The van der Waals surface area contributed by atoms with Gasteiger partial charge in [-0.1, -0.05) is 60.7 Å². The first kappa shape index (κ1) is 16.2. The first-order valence-electron chi connectivity index (χ1n) is 8.73. The van der Waals surface area contributed by atoms with Gasteiger partial charge in [-0.15, -0.1) is 0 Å². The van der Waals surface area contributed by atoms with Crippen molar-refractivity contribution in [2.24, 2.45) is 0 Å². The van der Waals surface area contributed by atoms with Crippen molar-refractivity contribution in [2.45, 2.75) is 44.9 Å². The Balaban J connectivity index is 1.73. The zero-order valence-corrected chi connectivity index (χ0v) is 14.2. The molecule has 0 atom stereocenters. The standard InChI is InChI=1S/C21H27NO/c1-17(2)22-15-13-20(14-16-22)23-21(18-9-5-3-6-10-18)19-11-7-4-8-12-19/h3-12,17,20-21H,13-16H2,1-2H3. The molecule has 0 radical (unpaired) electrons. The van der Waals surface area contributed by atoms with Crippen molar-refractivity contribution in [3.63, 3.8) is 0 Å². The summed E-state index contributed by atoms with van der Waals surface area (Å²) in [7, 11) is 0. The lowest BCUT2D eigenvalue weighted by molar-refractivity contribution is -0.0312. The van der Waals surface area contributed by atoms with Gasteiger partial charge in [-0.3, -0.25) is 0 Å². The molecular weight excluding hydrogens is 282 g/mol. The van der Waals surface area contributed by atoms with Crippen LogP contribution in [0.15, 0.2) is 60.7 Å².